The van der Waals surface area contributed by atoms with E-state index in [1.807, 2.05) is 0 Å². The lowest BCUT2D eigenvalue weighted by molar-refractivity contribution is 0.268. The molecule has 0 aromatic heterocycles. The van der Waals surface area contributed by atoms with Crippen LogP contribution < -0.4 is 5.73 Å². The van der Waals surface area contributed by atoms with Crippen LogP contribution in [0, 0.1) is 0 Å². The standard InChI is InChI=1S/C10H8N2O3S/c11-9-8(16-10(15)12-9)3-5-1-2-6(13)4-7(5)14/h1-4,13-14H,(H2,11,12,15). The normalized spacial score (nSPS) is 17.9. The summed E-state index contributed by atoms with van der Waals surface area (Å²) in [6.45, 7) is 0. The lowest BCUT2D eigenvalue weighted by Gasteiger charge is -2.01. The van der Waals surface area contributed by atoms with Crippen molar-refractivity contribution in [3.63, 3.8) is 0 Å². The van der Waals surface area contributed by atoms with Gasteiger partial charge in [-0.1, -0.05) is 0 Å². The minimum Gasteiger partial charge on any atom is -0.508 e. The average molecular weight is 236 g/mol. The summed E-state index contributed by atoms with van der Waals surface area (Å²) in [5, 5.41) is 18.3. The van der Waals surface area contributed by atoms with Gasteiger partial charge in [-0.05, 0) is 30.0 Å². The van der Waals surface area contributed by atoms with Gasteiger partial charge in [0, 0.05) is 11.6 Å². The maximum atomic E-state index is 10.9. The van der Waals surface area contributed by atoms with E-state index in [-0.39, 0.29) is 22.6 Å². The van der Waals surface area contributed by atoms with Crippen LogP contribution >= 0.6 is 11.8 Å². The number of amides is 1. The number of aromatic hydroxyl groups is 2. The molecule has 1 heterocycles. The van der Waals surface area contributed by atoms with Gasteiger partial charge in [0.15, 0.2) is 0 Å². The molecule has 5 nitrogen and oxygen atoms in total. The number of nitrogens with zero attached hydrogens (tertiary/aromatic N) is 1. The Morgan fingerprint density at radius 2 is 2.12 bits per heavy atom. The molecule has 0 saturated heterocycles. The molecular weight excluding hydrogens is 228 g/mol. The van der Waals surface area contributed by atoms with Gasteiger partial charge in [-0.2, -0.15) is 4.99 Å². The molecule has 1 aromatic rings. The summed E-state index contributed by atoms with van der Waals surface area (Å²) in [5.41, 5.74) is 5.97. The molecule has 0 bridgehead atoms. The Labute approximate surface area is 95.3 Å². The predicted molar refractivity (Wildman–Crippen MR) is 62.4 cm³/mol. The third-order valence-corrected chi connectivity index (χ3v) is 2.77. The topological polar surface area (TPSA) is 95.9 Å². The molecule has 0 unspecified atom stereocenters. The number of nitrogens with two attached hydrogens (primary N) is 1. The van der Waals surface area contributed by atoms with E-state index in [1.165, 1.54) is 18.2 Å². The fourth-order valence-corrected chi connectivity index (χ4v) is 1.89. The van der Waals surface area contributed by atoms with Crippen molar-refractivity contribution in [1.29, 1.82) is 0 Å². The molecule has 1 aromatic carbocycles. The number of hydrogen-bond acceptors (Lipinski definition) is 5. The molecule has 0 saturated carbocycles. The first-order chi connectivity index (χ1) is 7.56. The molecule has 0 spiro atoms. The van der Waals surface area contributed by atoms with Crippen LogP contribution in [0.15, 0.2) is 28.1 Å². The molecule has 0 fully saturated rings. The number of aliphatic imine (C=N–C) groups is 1. The number of thioether (sulfide) groups is 1. The quantitative estimate of drug-likeness (QED) is 0.689. The zero-order valence-corrected chi connectivity index (χ0v) is 8.86. The average Bonchev–Trinajstić information content (AvgIpc) is 2.50. The van der Waals surface area contributed by atoms with Crippen molar-refractivity contribution in [3.8, 4) is 11.5 Å². The Balaban J connectivity index is 2.37. The number of hydrogen-bond donors (Lipinski definition) is 3. The molecule has 4 N–H and O–H groups in total. The summed E-state index contributed by atoms with van der Waals surface area (Å²) < 4.78 is 0. The van der Waals surface area contributed by atoms with Crippen molar-refractivity contribution >= 4 is 28.9 Å². The fraction of sp³-hybridized carbons (Fsp3) is 0. The van der Waals surface area contributed by atoms with Crippen LogP contribution in [-0.4, -0.2) is 21.3 Å². The summed E-state index contributed by atoms with van der Waals surface area (Å²) in [6, 6.07) is 4.16. The molecule has 6 heteroatoms. The highest BCUT2D eigenvalue weighted by Crippen LogP contribution is 2.31. The largest absolute Gasteiger partial charge is 0.508 e. The summed E-state index contributed by atoms with van der Waals surface area (Å²) in [7, 11) is 0. The third kappa shape index (κ3) is 2.01. The zero-order chi connectivity index (χ0) is 11.7. The van der Waals surface area contributed by atoms with E-state index in [0.717, 1.165) is 11.8 Å². The Kier molecular flexibility index (Phi) is 2.57. The molecule has 16 heavy (non-hydrogen) atoms. The number of phenolic OH excluding ortho intramolecular Hbond substituents is 2. The number of phenols is 2. The van der Waals surface area contributed by atoms with Crippen LogP contribution in [0.25, 0.3) is 6.08 Å². The fourth-order valence-electron chi connectivity index (χ4n) is 1.22. The van der Waals surface area contributed by atoms with E-state index in [2.05, 4.69) is 4.99 Å². The SMILES string of the molecule is NC1=NC(=O)SC1=Cc1ccc(O)cc1O. The first kappa shape index (κ1) is 10.6. The molecule has 0 aliphatic carbocycles. The first-order valence-corrected chi connectivity index (χ1v) is 5.18. The second-order valence-corrected chi connectivity index (χ2v) is 4.11. The van der Waals surface area contributed by atoms with Crippen LogP contribution in [0.5, 0.6) is 11.5 Å². The van der Waals surface area contributed by atoms with E-state index in [9.17, 15) is 9.90 Å². The second kappa shape index (κ2) is 3.90. The van der Waals surface area contributed by atoms with Crippen molar-refractivity contribution in [2.24, 2.45) is 10.7 Å². The van der Waals surface area contributed by atoms with Gasteiger partial charge >= 0.3 is 5.24 Å². The van der Waals surface area contributed by atoms with Crippen molar-refractivity contribution in [2.75, 3.05) is 0 Å². The summed E-state index contributed by atoms with van der Waals surface area (Å²) in [6.07, 6.45) is 1.54. The van der Waals surface area contributed by atoms with Gasteiger partial charge in [0.1, 0.15) is 17.3 Å². The van der Waals surface area contributed by atoms with Gasteiger partial charge in [-0.3, -0.25) is 4.79 Å². The van der Waals surface area contributed by atoms with Gasteiger partial charge in [0.2, 0.25) is 0 Å². The maximum absolute atomic E-state index is 10.9. The summed E-state index contributed by atoms with van der Waals surface area (Å²) in [4.78, 5) is 15.0. The lowest BCUT2D eigenvalue weighted by atomic mass is 10.1. The van der Waals surface area contributed by atoms with Crippen molar-refractivity contribution in [1.82, 2.24) is 0 Å². The monoisotopic (exact) mass is 236 g/mol. The van der Waals surface area contributed by atoms with Gasteiger partial charge in [-0.25, -0.2) is 0 Å². The number of carbonyl (C=O) groups is 1. The molecular formula is C10H8N2O3S. The van der Waals surface area contributed by atoms with Crippen LogP contribution in [0.4, 0.5) is 4.79 Å². The first-order valence-electron chi connectivity index (χ1n) is 4.36. The van der Waals surface area contributed by atoms with Gasteiger partial charge in [-0.15, -0.1) is 0 Å². The number of amidine groups is 1. The summed E-state index contributed by atoms with van der Waals surface area (Å²) >= 11 is 0.901. The van der Waals surface area contributed by atoms with Crippen LogP contribution in [0.2, 0.25) is 0 Å². The van der Waals surface area contributed by atoms with E-state index >= 15 is 0 Å². The second-order valence-electron chi connectivity index (χ2n) is 3.12. The minimum absolute atomic E-state index is 0.0311. The summed E-state index contributed by atoms with van der Waals surface area (Å²) in [5.74, 6) is 0.0270. The number of carbonyl (C=O) groups excluding carboxylic acids is 1. The van der Waals surface area contributed by atoms with Crippen LogP contribution in [0.3, 0.4) is 0 Å². The Hall–Kier alpha value is -1.95. The highest BCUT2D eigenvalue weighted by molar-refractivity contribution is 8.18. The van der Waals surface area contributed by atoms with E-state index in [0.29, 0.717) is 10.5 Å². The van der Waals surface area contributed by atoms with Gasteiger partial charge in [0.25, 0.3) is 0 Å². The van der Waals surface area contributed by atoms with E-state index < -0.39 is 0 Å². The van der Waals surface area contributed by atoms with Crippen molar-refractivity contribution in [2.45, 2.75) is 0 Å². The minimum atomic E-state index is -0.373. The van der Waals surface area contributed by atoms with Crippen LogP contribution in [0.1, 0.15) is 5.56 Å². The van der Waals surface area contributed by atoms with Crippen molar-refractivity contribution in [3.05, 3.63) is 28.7 Å². The molecule has 0 radical (unpaired) electrons. The Bertz CT molecular complexity index is 523. The Morgan fingerprint density at radius 3 is 2.69 bits per heavy atom. The third-order valence-electron chi connectivity index (χ3n) is 1.96. The Morgan fingerprint density at radius 1 is 1.38 bits per heavy atom. The highest BCUT2D eigenvalue weighted by atomic mass is 32.2. The predicted octanol–water partition coefficient (Wildman–Crippen LogP) is 1.66. The lowest BCUT2D eigenvalue weighted by Crippen LogP contribution is -2.08. The molecule has 1 amide bonds. The highest BCUT2D eigenvalue weighted by Gasteiger charge is 2.19. The molecule has 0 atom stereocenters. The van der Waals surface area contributed by atoms with Gasteiger partial charge in [0.05, 0.1) is 4.91 Å². The number of benzene rings is 1. The molecule has 2 rings (SSSR count). The van der Waals surface area contributed by atoms with Crippen molar-refractivity contribution < 1.29 is 15.0 Å². The molecule has 1 aliphatic rings. The maximum Gasteiger partial charge on any atom is 0.311 e. The zero-order valence-electron chi connectivity index (χ0n) is 8.04. The van der Waals surface area contributed by atoms with E-state index in [4.69, 9.17) is 10.8 Å². The molecule has 82 valence electrons. The number of rotatable bonds is 1. The van der Waals surface area contributed by atoms with E-state index in [1.54, 1.807) is 6.08 Å². The smallest absolute Gasteiger partial charge is 0.311 e. The van der Waals surface area contributed by atoms with Gasteiger partial charge < -0.3 is 15.9 Å². The van der Waals surface area contributed by atoms with Crippen LogP contribution in [-0.2, 0) is 0 Å². The molecule has 1 aliphatic heterocycles.